The van der Waals surface area contributed by atoms with Gasteiger partial charge >= 0.3 is 0 Å². The molecule has 0 fully saturated rings. The van der Waals surface area contributed by atoms with Crippen LogP contribution < -0.4 is 15.8 Å². The summed E-state index contributed by atoms with van der Waals surface area (Å²) in [6.45, 7) is 8.02. The van der Waals surface area contributed by atoms with Gasteiger partial charge in [0.1, 0.15) is 11.4 Å². The normalized spacial score (nSPS) is 12.9. The minimum Gasteiger partial charge on any atom is -0.486 e. The summed E-state index contributed by atoms with van der Waals surface area (Å²) in [5.41, 5.74) is 5.85. The van der Waals surface area contributed by atoms with E-state index in [0.29, 0.717) is 18.0 Å². The first-order chi connectivity index (χ1) is 8.33. The molecule has 0 spiro atoms. The summed E-state index contributed by atoms with van der Waals surface area (Å²) in [4.78, 5) is 11.8. The zero-order valence-corrected chi connectivity index (χ0v) is 11.5. The molecule has 4 heteroatoms. The van der Waals surface area contributed by atoms with Gasteiger partial charge in [-0.1, -0.05) is 19.1 Å². The number of nitrogens with two attached hydrogens (primary N) is 1. The lowest BCUT2D eigenvalue weighted by Crippen LogP contribution is -2.28. The predicted molar refractivity (Wildman–Crippen MR) is 73.7 cm³/mol. The average Bonchev–Trinajstić information content (AvgIpc) is 2.28. The number of rotatable bonds is 4. The van der Waals surface area contributed by atoms with Crippen LogP contribution in [0.25, 0.3) is 0 Å². The summed E-state index contributed by atoms with van der Waals surface area (Å²) in [5, 5.41) is 2.84. The fourth-order valence-electron chi connectivity index (χ4n) is 1.35. The second kappa shape index (κ2) is 5.87. The van der Waals surface area contributed by atoms with Crippen molar-refractivity contribution in [2.45, 2.75) is 33.3 Å². The van der Waals surface area contributed by atoms with Crippen LogP contribution in [-0.2, 0) is 4.79 Å². The molecule has 1 unspecified atom stereocenters. The summed E-state index contributed by atoms with van der Waals surface area (Å²) in [6, 6.07) is 7.40. The molecule has 1 atom stereocenters. The number of nitrogens with one attached hydrogen (secondary N) is 1. The predicted octanol–water partition coefficient (Wildman–Crippen LogP) is 2.40. The number of anilines is 1. The van der Waals surface area contributed by atoms with Crippen LogP contribution in [0.2, 0.25) is 0 Å². The quantitative estimate of drug-likeness (QED) is 0.862. The number of benzene rings is 1. The summed E-state index contributed by atoms with van der Waals surface area (Å²) in [7, 11) is 0. The minimum absolute atomic E-state index is 0.0949. The first-order valence-corrected chi connectivity index (χ1v) is 6.12. The molecule has 1 aromatic rings. The second-order valence-corrected chi connectivity index (χ2v) is 5.34. The molecule has 1 amide bonds. The van der Waals surface area contributed by atoms with Gasteiger partial charge in [-0.2, -0.15) is 0 Å². The average molecular weight is 250 g/mol. The van der Waals surface area contributed by atoms with E-state index in [1.165, 1.54) is 0 Å². The highest BCUT2D eigenvalue weighted by atomic mass is 16.5. The van der Waals surface area contributed by atoms with E-state index in [2.05, 4.69) is 5.32 Å². The van der Waals surface area contributed by atoms with Crippen LogP contribution in [0.15, 0.2) is 24.3 Å². The molecule has 0 bridgehead atoms. The van der Waals surface area contributed by atoms with Crippen LogP contribution in [0.3, 0.4) is 0 Å². The monoisotopic (exact) mass is 250 g/mol. The van der Waals surface area contributed by atoms with Gasteiger partial charge in [-0.3, -0.25) is 4.79 Å². The van der Waals surface area contributed by atoms with Gasteiger partial charge in [0.25, 0.3) is 0 Å². The molecule has 0 aliphatic carbocycles. The molecule has 0 saturated carbocycles. The van der Waals surface area contributed by atoms with Crippen molar-refractivity contribution < 1.29 is 9.53 Å². The molecule has 4 nitrogen and oxygen atoms in total. The zero-order chi connectivity index (χ0) is 13.8. The molecule has 100 valence electrons. The van der Waals surface area contributed by atoms with E-state index in [9.17, 15) is 4.79 Å². The Hall–Kier alpha value is -1.55. The summed E-state index contributed by atoms with van der Waals surface area (Å²) < 4.78 is 5.80. The first-order valence-electron chi connectivity index (χ1n) is 6.12. The first kappa shape index (κ1) is 14.5. The Morgan fingerprint density at radius 2 is 2.00 bits per heavy atom. The molecular weight excluding hydrogens is 228 g/mol. The van der Waals surface area contributed by atoms with E-state index in [1.54, 1.807) is 6.92 Å². The summed E-state index contributed by atoms with van der Waals surface area (Å²) >= 11 is 0. The Labute approximate surface area is 109 Å². The number of amides is 1. The van der Waals surface area contributed by atoms with E-state index in [-0.39, 0.29) is 17.4 Å². The maximum Gasteiger partial charge on any atom is 0.228 e. The van der Waals surface area contributed by atoms with Crippen LogP contribution in [0, 0.1) is 5.92 Å². The van der Waals surface area contributed by atoms with Crippen LogP contribution >= 0.6 is 0 Å². The molecule has 18 heavy (non-hydrogen) atoms. The van der Waals surface area contributed by atoms with Gasteiger partial charge in [-0.15, -0.1) is 0 Å². The Morgan fingerprint density at radius 3 is 2.56 bits per heavy atom. The van der Waals surface area contributed by atoms with Crippen molar-refractivity contribution in [2.75, 3.05) is 11.9 Å². The zero-order valence-electron chi connectivity index (χ0n) is 11.5. The molecule has 0 saturated heterocycles. The molecule has 1 rings (SSSR count). The number of hydrogen-bond donors (Lipinski definition) is 2. The fraction of sp³-hybridized carbons (Fsp3) is 0.500. The lowest BCUT2D eigenvalue weighted by atomic mass is 10.1. The van der Waals surface area contributed by atoms with Gasteiger partial charge in [0.05, 0.1) is 5.69 Å². The third kappa shape index (κ3) is 4.37. The van der Waals surface area contributed by atoms with E-state index in [1.807, 2.05) is 45.0 Å². The van der Waals surface area contributed by atoms with Crippen molar-refractivity contribution in [3.8, 4) is 5.75 Å². The van der Waals surface area contributed by atoms with Gasteiger partial charge in [-0.05, 0) is 32.9 Å². The smallest absolute Gasteiger partial charge is 0.228 e. The number of carbonyl (C=O) groups excluding carboxylic acids is 1. The van der Waals surface area contributed by atoms with Gasteiger partial charge in [0, 0.05) is 12.5 Å². The number of para-hydroxylation sites is 2. The van der Waals surface area contributed by atoms with E-state index in [0.717, 1.165) is 0 Å². The molecular formula is C14H22N2O2. The van der Waals surface area contributed by atoms with Crippen LogP contribution in [0.4, 0.5) is 5.69 Å². The summed E-state index contributed by atoms with van der Waals surface area (Å²) in [5.74, 6) is 0.359. The number of ether oxygens (including phenoxy) is 1. The number of carbonyl (C=O) groups is 1. The highest BCUT2D eigenvalue weighted by Crippen LogP contribution is 2.27. The molecule has 0 radical (unpaired) electrons. The van der Waals surface area contributed by atoms with Crippen molar-refractivity contribution in [3.05, 3.63) is 24.3 Å². The second-order valence-electron chi connectivity index (χ2n) is 5.34. The molecule has 1 aromatic carbocycles. The van der Waals surface area contributed by atoms with E-state index in [4.69, 9.17) is 10.5 Å². The van der Waals surface area contributed by atoms with Crippen molar-refractivity contribution in [2.24, 2.45) is 11.7 Å². The Bertz CT molecular complexity index is 411. The molecule has 0 aliphatic rings. The molecule has 0 aromatic heterocycles. The van der Waals surface area contributed by atoms with E-state index >= 15 is 0 Å². The largest absolute Gasteiger partial charge is 0.486 e. The van der Waals surface area contributed by atoms with Crippen molar-refractivity contribution in [1.29, 1.82) is 0 Å². The van der Waals surface area contributed by atoms with Crippen molar-refractivity contribution in [3.63, 3.8) is 0 Å². The van der Waals surface area contributed by atoms with E-state index < -0.39 is 0 Å². The van der Waals surface area contributed by atoms with Gasteiger partial charge in [0.15, 0.2) is 0 Å². The molecule has 0 heterocycles. The highest BCUT2D eigenvalue weighted by Gasteiger charge is 2.17. The Kier molecular flexibility index (Phi) is 4.73. The highest BCUT2D eigenvalue weighted by molar-refractivity contribution is 5.93. The Morgan fingerprint density at radius 1 is 1.39 bits per heavy atom. The maximum atomic E-state index is 11.8. The topological polar surface area (TPSA) is 64.4 Å². The SMILES string of the molecule is CC(CN)C(=O)Nc1ccccc1OC(C)(C)C. The van der Waals surface area contributed by atoms with Crippen LogP contribution in [0.5, 0.6) is 5.75 Å². The lowest BCUT2D eigenvalue weighted by molar-refractivity contribution is -0.119. The third-order valence-electron chi connectivity index (χ3n) is 2.36. The van der Waals surface area contributed by atoms with Crippen LogP contribution in [-0.4, -0.2) is 18.1 Å². The van der Waals surface area contributed by atoms with Gasteiger partial charge in [0.2, 0.25) is 5.91 Å². The fourth-order valence-corrected chi connectivity index (χ4v) is 1.35. The molecule has 3 N–H and O–H groups in total. The Balaban J connectivity index is 2.86. The number of hydrogen-bond acceptors (Lipinski definition) is 3. The third-order valence-corrected chi connectivity index (χ3v) is 2.36. The lowest BCUT2D eigenvalue weighted by Gasteiger charge is -2.23. The minimum atomic E-state index is -0.305. The van der Waals surface area contributed by atoms with Gasteiger partial charge < -0.3 is 15.8 Å². The molecule has 0 aliphatic heterocycles. The van der Waals surface area contributed by atoms with Crippen LogP contribution in [0.1, 0.15) is 27.7 Å². The summed E-state index contributed by atoms with van der Waals surface area (Å²) in [6.07, 6.45) is 0. The standard InChI is InChI=1S/C14H22N2O2/c1-10(9-15)13(17)16-11-7-5-6-8-12(11)18-14(2,3)4/h5-8,10H,9,15H2,1-4H3,(H,16,17). The maximum absolute atomic E-state index is 11.8. The van der Waals surface area contributed by atoms with Crippen molar-refractivity contribution >= 4 is 11.6 Å². The van der Waals surface area contributed by atoms with Crippen molar-refractivity contribution in [1.82, 2.24) is 0 Å². The van der Waals surface area contributed by atoms with Gasteiger partial charge in [-0.25, -0.2) is 0 Å².